The third-order valence-electron chi connectivity index (χ3n) is 2.87. The standard InChI is InChI=1S/C14H15Cl2NO/c1-3-12(17-2)14-5-4-13(18-14)9-6-10(15)8-11(16)7-9/h4-8,12,17H,3H2,1-2H3. The second kappa shape index (κ2) is 5.79. The normalized spacial score (nSPS) is 12.7. The first-order valence-corrected chi connectivity index (χ1v) is 6.63. The Hall–Kier alpha value is -0.960. The number of halogens is 2. The number of hydrogen-bond donors (Lipinski definition) is 1. The van der Waals surface area contributed by atoms with Gasteiger partial charge in [0.15, 0.2) is 0 Å². The Morgan fingerprint density at radius 2 is 1.83 bits per heavy atom. The van der Waals surface area contributed by atoms with Crippen LogP contribution in [0.4, 0.5) is 0 Å². The fraction of sp³-hybridized carbons (Fsp3) is 0.286. The van der Waals surface area contributed by atoms with Crippen LogP contribution in [0.3, 0.4) is 0 Å². The van der Waals surface area contributed by atoms with Crippen molar-refractivity contribution < 1.29 is 4.42 Å². The molecule has 1 N–H and O–H groups in total. The number of hydrogen-bond acceptors (Lipinski definition) is 2. The van der Waals surface area contributed by atoms with E-state index in [1.165, 1.54) is 0 Å². The molecule has 0 bridgehead atoms. The smallest absolute Gasteiger partial charge is 0.134 e. The molecule has 0 amide bonds. The van der Waals surface area contributed by atoms with Gasteiger partial charge in [0, 0.05) is 15.6 Å². The van der Waals surface area contributed by atoms with E-state index in [0.717, 1.165) is 23.5 Å². The van der Waals surface area contributed by atoms with Gasteiger partial charge in [-0.25, -0.2) is 0 Å². The predicted molar refractivity (Wildman–Crippen MR) is 76.3 cm³/mol. The summed E-state index contributed by atoms with van der Waals surface area (Å²) >= 11 is 12.0. The summed E-state index contributed by atoms with van der Waals surface area (Å²) in [6.45, 7) is 2.11. The Kier molecular flexibility index (Phi) is 4.33. The first kappa shape index (κ1) is 13.5. The van der Waals surface area contributed by atoms with Gasteiger partial charge >= 0.3 is 0 Å². The molecule has 0 fully saturated rings. The molecule has 96 valence electrons. The lowest BCUT2D eigenvalue weighted by atomic mass is 10.1. The molecule has 0 aliphatic rings. The van der Waals surface area contributed by atoms with E-state index in [2.05, 4.69) is 12.2 Å². The summed E-state index contributed by atoms with van der Waals surface area (Å²) in [5, 5.41) is 4.42. The fourth-order valence-electron chi connectivity index (χ4n) is 1.94. The molecule has 4 heteroatoms. The van der Waals surface area contributed by atoms with E-state index in [1.54, 1.807) is 6.07 Å². The second-order valence-corrected chi connectivity index (χ2v) is 4.98. The van der Waals surface area contributed by atoms with Gasteiger partial charge in [-0.1, -0.05) is 30.1 Å². The third-order valence-corrected chi connectivity index (χ3v) is 3.31. The topological polar surface area (TPSA) is 25.2 Å². The summed E-state index contributed by atoms with van der Waals surface area (Å²) in [5.41, 5.74) is 0.893. The van der Waals surface area contributed by atoms with Gasteiger partial charge in [0.05, 0.1) is 6.04 Å². The van der Waals surface area contributed by atoms with Crippen LogP contribution in [-0.2, 0) is 0 Å². The van der Waals surface area contributed by atoms with Gasteiger partial charge < -0.3 is 9.73 Å². The van der Waals surface area contributed by atoms with Crippen molar-refractivity contribution in [2.45, 2.75) is 19.4 Å². The van der Waals surface area contributed by atoms with Crippen LogP contribution in [0.1, 0.15) is 25.1 Å². The van der Waals surface area contributed by atoms with Crippen molar-refractivity contribution in [3.63, 3.8) is 0 Å². The van der Waals surface area contributed by atoms with Crippen molar-refractivity contribution in [3.05, 3.63) is 46.1 Å². The number of rotatable bonds is 4. The van der Waals surface area contributed by atoms with E-state index < -0.39 is 0 Å². The molecule has 2 nitrogen and oxygen atoms in total. The van der Waals surface area contributed by atoms with Gasteiger partial charge in [0.25, 0.3) is 0 Å². The van der Waals surface area contributed by atoms with Gasteiger partial charge in [-0.2, -0.15) is 0 Å². The first-order chi connectivity index (χ1) is 8.63. The monoisotopic (exact) mass is 283 g/mol. The van der Waals surface area contributed by atoms with Crippen LogP contribution >= 0.6 is 23.2 Å². The van der Waals surface area contributed by atoms with Crippen LogP contribution in [0.2, 0.25) is 10.0 Å². The maximum absolute atomic E-state index is 5.99. The van der Waals surface area contributed by atoms with Crippen LogP contribution in [-0.4, -0.2) is 7.05 Å². The zero-order chi connectivity index (χ0) is 13.1. The van der Waals surface area contributed by atoms with Crippen LogP contribution < -0.4 is 5.32 Å². The molecule has 1 atom stereocenters. The molecule has 1 aromatic carbocycles. The molecule has 1 heterocycles. The minimum atomic E-state index is 0.230. The van der Waals surface area contributed by atoms with Gasteiger partial charge in [-0.15, -0.1) is 0 Å². The van der Waals surface area contributed by atoms with E-state index in [9.17, 15) is 0 Å². The van der Waals surface area contributed by atoms with Crippen LogP contribution in [0.15, 0.2) is 34.7 Å². The SMILES string of the molecule is CCC(NC)c1ccc(-c2cc(Cl)cc(Cl)c2)o1. The molecule has 2 aromatic rings. The largest absolute Gasteiger partial charge is 0.459 e. The molecular weight excluding hydrogens is 269 g/mol. The fourth-order valence-corrected chi connectivity index (χ4v) is 2.46. The van der Waals surface area contributed by atoms with Crippen molar-refractivity contribution in [3.8, 4) is 11.3 Å². The lowest BCUT2D eigenvalue weighted by Crippen LogP contribution is -2.14. The second-order valence-electron chi connectivity index (χ2n) is 4.11. The molecule has 0 aliphatic heterocycles. The van der Waals surface area contributed by atoms with Gasteiger partial charge in [0.2, 0.25) is 0 Å². The minimum Gasteiger partial charge on any atom is -0.459 e. The lowest BCUT2D eigenvalue weighted by molar-refractivity contribution is 0.431. The first-order valence-electron chi connectivity index (χ1n) is 5.87. The molecule has 0 radical (unpaired) electrons. The molecule has 0 saturated carbocycles. The van der Waals surface area contributed by atoms with Gasteiger partial charge in [0.1, 0.15) is 11.5 Å². The highest BCUT2D eigenvalue weighted by Crippen LogP contribution is 2.30. The van der Waals surface area contributed by atoms with E-state index in [1.807, 2.05) is 31.3 Å². The molecule has 0 aliphatic carbocycles. The Labute approximate surface area is 117 Å². The average Bonchev–Trinajstić information content (AvgIpc) is 2.79. The van der Waals surface area contributed by atoms with E-state index in [0.29, 0.717) is 10.0 Å². The zero-order valence-electron chi connectivity index (χ0n) is 10.3. The summed E-state index contributed by atoms with van der Waals surface area (Å²) in [4.78, 5) is 0. The highest BCUT2D eigenvalue weighted by Gasteiger charge is 2.12. The Balaban J connectivity index is 2.34. The van der Waals surface area contributed by atoms with Crippen molar-refractivity contribution in [1.29, 1.82) is 0 Å². The molecule has 2 rings (SSSR count). The minimum absolute atomic E-state index is 0.230. The maximum atomic E-state index is 5.99. The van der Waals surface area contributed by atoms with E-state index in [-0.39, 0.29) is 6.04 Å². The molecule has 1 unspecified atom stereocenters. The number of furan rings is 1. The molecule has 0 saturated heterocycles. The lowest BCUT2D eigenvalue weighted by Gasteiger charge is -2.10. The van der Waals surface area contributed by atoms with E-state index in [4.69, 9.17) is 27.6 Å². The molecule has 18 heavy (non-hydrogen) atoms. The van der Waals surface area contributed by atoms with Crippen molar-refractivity contribution in [1.82, 2.24) is 5.32 Å². The summed E-state index contributed by atoms with van der Waals surface area (Å²) in [7, 11) is 1.92. The van der Waals surface area contributed by atoms with Gasteiger partial charge in [-0.3, -0.25) is 0 Å². The average molecular weight is 284 g/mol. The quantitative estimate of drug-likeness (QED) is 0.861. The summed E-state index contributed by atoms with van der Waals surface area (Å²) in [6, 6.07) is 9.55. The third kappa shape index (κ3) is 2.89. The number of benzene rings is 1. The summed E-state index contributed by atoms with van der Waals surface area (Å²) in [6.07, 6.45) is 0.972. The highest BCUT2D eigenvalue weighted by molar-refractivity contribution is 6.35. The Morgan fingerprint density at radius 3 is 2.39 bits per heavy atom. The zero-order valence-corrected chi connectivity index (χ0v) is 11.8. The van der Waals surface area contributed by atoms with Crippen LogP contribution in [0.25, 0.3) is 11.3 Å². The maximum Gasteiger partial charge on any atom is 0.134 e. The predicted octanol–water partition coefficient (Wildman–Crippen LogP) is 4.92. The molecule has 0 spiro atoms. The highest BCUT2D eigenvalue weighted by atomic mass is 35.5. The van der Waals surface area contributed by atoms with E-state index >= 15 is 0 Å². The Bertz CT molecular complexity index is 512. The van der Waals surface area contributed by atoms with Crippen LogP contribution in [0, 0.1) is 0 Å². The summed E-state index contributed by atoms with van der Waals surface area (Å²) in [5.74, 6) is 1.70. The van der Waals surface area contributed by atoms with Crippen LogP contribution in [0.5, 0.6) is 0 Å². The van der Waals surface area contributed by atoms with Crippen molar-refractivity contribution in [2.75, 3.05) is 7.05 Å². The molecular formula is C14H15Cl2NO. The molecule has 1 aromatic heterocycles. The van der Waals surface area contributed by atoms with Crippen molar-refractivity contribution >= 4 is 23.2 Å². The number of nitrogens with one attached hydrogen (secondary N) is 1. The summed E-state index contributed by atoms with van der Waals surface area (Å²) < 4.78 is 5.84. The Morgan fingerprint density at radius 1 is 1.17 bits per heavy atom. The van der Waals surface area contributed by atoms with Gasteiger partial charge in [-0.05, 0) is 43.8 Å². The van der Waals surface area contributed by atoms with Crippen molar-refractivity contribution in [2.24, 2.45) is 0 Å².